The summed E-state index contributed by atoms with van der Waals surface area (Å²) in [5.74, 6) is 0. The van der Waals surface area contributed by atoms with E-state index in [-0.39, 0.29) is 12.1 Å². The molecule has 0 rings (SSSR count). The van der Waals surface area contributed by atoms with Gasteiger partial charge in [-0.05, 0) is 25.8 Å². The number of rotatable bonds is 8. The van der Waals surface area contributed by atoms with Crippen LogP contribution in [-0.4, -0.2) is 18.6 Å². The van der Waals surface area contributed by atoms with Crippen LogP contribution in [0.1, 0.15) is 45.4 Å². The molecule has 0 radical (unpaired) electrons. The van der Waals surface area contributed by atoms with Gasteiger partial charge in [0.2, 0.25) is 0 Å². The molecule has 0 aliphatic heterocycles. The molecule has 6 N–H and O–H groups in total. The van der Waals surface area contributed by atoms with E-state index < -0.39 is 0 Å². The summed E-state index contributed by atoms with van der Waals surface area (Å²) in [6.07, 6.45) is 6.63. The average Bonchev–Trinajstić information content (AvgIpc) is 2.14. The third-order valence-corrected chi connectivity index (χ3v) is 2.43. The second-order valence-corrected chi connectivity index (χ2v) is 3.75. The maximum absolute atomic E-state index is 5.93. The molecule has 0 aliphatic carbocycles. The lowest BCUT2D eigenvalue weighted by molar-refractivity contribution is 0.443. The Morgan fingerprint density at radius 2 is 1.46 bits per heavy atom. The van der Waals surface area contributed by atoms with Gasteiger partial charge in [0, 0.05) is 12.1 Å². The van der Waals surface area contributed by atoms with Crippen LogP contribution in [0.4, 0.5) is 0 Å². The second-order valence-electron chi connectivity index (χ2n) is 3.75. The van der Waals surface area contributed by atoms with Gasteiger partial charge < -0.3 is 17.2 Å². The van der Waals surface area contributed by atoms with E-state index in [0.29, 0.717) is 0 Å². The number of hydrogen-bond acceptors (Lipinski definition) is 3. The predicted molar refractivity (Wildman–Crippen MR) is 58.4 cm³/mol. The van der Waals surface area contributed by atoms with Crippen LogP contribution in [0.5, 0.6) is 0 Å². The molecule has 0 aromatic rings. The summed E-state index contributed by atoms with van der Waals surface area (Å²) >= 11 is 0. The topological polar surface area (TPSA) is 78.1 Å². The van der Waals surface area contributed by atoms with Crippen LogP contribution in [0.15, 0.2) is 0 Å². The molecule has 0 heterocycles. The summed E-state index contributed by atoms with van der Waals surface area (Å²) in [6.45, 7) is 2.93. The normalized spacial score (nSPS) is 15.7. The van der Waals surface area contributed by atoms with Gasteiger partial charge in [-0.2, -0.15) is 0 Å². The lowest BCUT2D eigenvalue weighted by atomic mass is 9.99. The fraction of sp³-hybridized carbons (Fsp3) is 1.00. The molecule has 0 saturated heterocycles. The largest absolute Gasteiger partial charge is 0.330 e. The van der Waals surface area contributed by atoms with Gasteiger partial charge in [0.25, 0.3) is 0 Å². The van der Waals surface area contributed by atoms with Crippen molar-refractivity contribution in [3.8, 4) is 0 Å². The molecule has 13 heavy (non-hydrogen) atoms. The molecule has 0 spiro atoms. The summed E-state index contributed by atoms with van der Waals surface area (Å²) < 4.78 is 0. The van der Waals surface area contributed by atoms with Crippen molar-refractivity contribution in [3.05, 3.63) is 0 Å². The Bertz CT molecular complexity index is 106. The third-order valence-electron chi connectivity index (χ3n) is 2.43. The molecule has 0 aromatic carbocycles. The predicted octanol–water partition coefficient (Wildman–Crippen LogP) is 0.960. The average molecular weight is 187 g/mol. The van der Waals surface area contributed by atoms with Gasteiger partial charge in [-0.25, -0.2) is 0 Å². The fourth-order valence-electron chi connectivity index (χ4n) is 1.39. The van der Waals surface area contributed by atoms with Gasteiger partial charge in [0.05, 0.1) is 0 Å². The van der Waals surface area contributed by atoms with E-state index in [1.165, 1.54) is 12.8 Å². The summed E-state index contributed by atoms with van der Waals surface area (Å²) in [6, 6.07) is 0.343. The fourth-order valence-corrected chi connectivity index (χ4v) is 1.39. The molecule has 0 fully saturated rings. The monoisotopic (exact) mass is 187 g/mol. The first-order chi connectivity index (χ1) is 6.22. The first kappa shape index (κ1) is 12.9. The third kappa shape index (κ3) is 6.99. The highest BCUT2D eigenvalue weighted by atomic mass is 14.8. The van der Waals surface area contributed by atoms with Gasteiger partial charge in [-0.3, -0.25) is 0 Å². The lowest BCUT2D eigenvalue weighted by Gasteiger charge is -2.19. The van der Waals surface area contributed by atoms with E-state index in [1.807, 2.05) is 0 Å². The Balaban J connectivity index is 3.38. The zero-order valence-corrected chi connectivity index (χ0v) is 8.84. The Kier molecular flexibility index (Phi) is 8.40. The zero-order valence-electron chi connectivity index (χ0n) is 8.84. The summed E-state index contributed by atoms with van der Waals surface area (Å²) in [5.41, 5.74) is 17.3. The Morgan fingerprint density at radius 1 is 0.923 bits per heavy atom. The van der Waals surface area contributed by atoms with Gasteiger partial charge in [-0.1, -0.05) is 26.2 Å². The van der Waals surface area contributed by atoms with E-state index in [2.05, 4.69) is 6.92 Å². The van der Waals surface area contributed by atoms with Gasteiger partial charge in [0.1, 0.15) is 0 Å². The highest BCUT2D eigenvalue weighted by Gasteiger charge is 2.11. The molecule has 2 unspecified atom stereocenters. The molecule has 3 nitrogen and oxygen atoms in total. The van der Waals surface area contributed by atoms with Crippen LogP contribution in [0.2, 0.25) is 0 Å². The minimum atomic E-state index is 0.165. The van der Waals surface area contributed by atoms with E-state index in [1.54, 1.807) is 0 Å². The second kappa shape index (κ2) is 8.48. The van der Waals surface area contributed by atoms with Crippen molar-refractivity contribution in [2.24, 2.45) is 17.2 Å². The van der Waals surface area contributed by atoms with E-state index in [0.717, 1.165) is 32.2 Å². The molecule has 0 bridgehead atoms. The van der Waals surface area contributed by atoms with Gasteiger partial charge in [-0.15, -0.1) is 0 Å². The molecule has 0 aromatic heterocycles. The van der Waals surface area contributed by atoms with E-state index in [9.17, 15) is 0 Å². The van der Waals surface area contributed by atoms with Gasteiger partial charge >= 0.3 is 0 Å². The number of unbranched alkanes of at least 4 members (excludes halogenated alkanes) is 2. The van der Waals surface area contributed by atoms with Crippen LogP contribution in [-0.2, 0) is 0 Å². The van der Waals surface area contributed by atoms with Crippen LogP contribution < -0.4 is 17.2 Å². The van der Waals surface area contributed by atoms with Crippen molar-refractivity contribution in [1.82, 2.24) is 0 Å². The van der Waals surface area contributed by atoms with Crippen molar-refractivity contribution < 1.29 is 0 Å². The highest BCUT2D eigenvalue weighted by Crippen LogP contribution is 2.06. The van der Waals surface area contributed by atoms with E-state index >= 15 is 0 Å². The zero-order chi connectivity index (χ0) is 10.1. The van der Waals surface area contributed by atoms with Crippen molar-refractivity contribution in [1.29, 1.82) is 0 Å². The van der Waals surface area contributed by atoms with Crippen LogP contribution in [0, 0.1) is 0 Å². The maximum atomic E-state index is 5.93. The van der Waals surface area contributed by atoms with Crippen molar-refractivity contribution in [3.63, 3.8) is 0 Å². The summed E-state index contributed by atoms with van der Waals surface area (Å²) in [5, 5.41) is 0. The Morgan fingerprint density at radius 3 is 1.92 bits per heavy atom. The lowest BCUT2D eigenvalue weighted by Crippen LogP contribution is -2.41. The molecule has 0 saturated carbocycles. The molecule has 80 valence electrons. The number of hydrogen-bond donors (Lipinski definition) is 3. The molecule has 2 atom stereocenters. The van der Waals surface area contributed by atoms with Crippen molar-refractivity contribution >= 4 is 0 Å². The standard InChI is InChI=1S/C10H25N3/c1-2-3-6-9(12)10(13)7-4-5-8-11/h9-10H,2-8,11-13H2,1H3. The first-order valence-electron chi connectivity index (χ1n) is 5.43. The Hall–Kier alpha value is -0.120. The van der Waals surface area contributed by atoms with Crippen molar-refractivity contribution in [2.45, 2.75) is 57.5 Å². The quantitative estimate of drug-likeness (QED) is 0.495. The summed E-state index contributed by atoms with van der Waals surface area (Å²) in [4.78, 5) is 0. The minimum absolute atomic E-state index is 0.165. The molecular weight excluding hydrogens is 162 g/mol. The maximum Gasteiger partial charge on any atom is 0.0192 e. The van der Waals surface area contributed by atoms with Crippen LogP contribution in [0.3, 0.4) is 0 Å². The van der Waals surface area contributed by atoms with E-state index in [4.69, 9.17) is 17.2 Å². The van der Waals surface area contributed by atoms with Crippen molar-refractivity contribution in [2.75, 3.05) is 6.54 Å². The van der Waals surface area contributed by atoms with Gasteiger partial charge in [0.15, 0.2) is 0 Å². The van der Waals surface area contributed by atoms with Crippen LogP contribution in [0.25, 0.3) is 0 Å². The smallest absolute Gasteiger partial charge is 0.0192 e. The summed E-state index contributed by atoms with van der Waals surface area (Å²) in [7, 11) is 0. The van der Waals surface area contributed by atoms with Crippen LogP contribution >= 0.6 is 0 Å². The first-order valence-corrected chi connectivity index (χ1v) is 5.43. The highest BCUT2D eigenvalue weighted by molar-refractivity contribution is 4.75. The molecule has 3 heteroatoms. The molecule has 0 amide bonds. The SMILES string of the molecule is CCCCC(N)C(N)CCCCN. The minimum Gasteiger partial charge on any atom is -0.330 e. The molecule has 0 aliphatic rings. The Labute approximate surface area is 82.0 Å². The molecular formula is C10H25N3. The number of nitrogens with two attached hydrogens (primary N) is 3.